The topological polar surface area (TPSA) is 24.6 Å². The monoisotopic (exact) mass is 995 g/mol. The van der Waals surface area contributed by atoms with Crippen molar-refractivity contribution in [2.45, 2.75) is 80.1 Å². The van der Waals surface area contributed by atoms with Gasteiger partial charge in [0.05, 0.1) is 22.4 Å². The molecule has 14 rings (SSSR count). The normalized spacial score (nSPS) is 13.2. The molecule has 0 N–H and O–H groups in total. The van der Waals surface area contributed by atoms with E-state index in [-0.39, 0.29) is 17.5 Å². The van der Waals surface area contributed by atoms with Crippen LogP contribution in [0.15, 0.2) is 199 Å². The fraction of sp³-hybridized carbons (Fsp3) is 0.167. The number of hydrogen-bond donors (Lipinski definition) is 0. The largest absolute Gasteiger partial charge is 0.455 e. The first-order valence-corrected chi connectivity index (χ1v) is 27.4. The van der Waals surface area contributed by atoms with E-state index in [1.807, 2.05) is 0 Å². The Balaban J connectivity index is 1.11. The molecule has 77 heavy (non-hydrogen) atoms. The fourth-order valence-electron chi connectivity index (χ4n) is 13.2. The second kappa shape index (κ2) is 17.0. The highest BCUT2D eigenvalue weighted by Gasteiger charge is 2.46. The smallest absolute Gasteiger partial charge is 0.252 e. The van der Waals surface area contributed by atoms with Crippen LogP contribution in [0.2, 0.25) is 0 Å². The van der Waals surface area contributed by atoms with E-state index in [0.717, 1.165) is 38.8 Å². The highest BCUT2D eigenvalue weighted by atomic mass is 16.3. The Kier molecular flexibility index (Phi) is 10.4. The third-order valence-corrected chi connectivity index (χ3v) is 16.9. The molecule has 4 nitrogen and oxygen atoms in total. The molecule has 0 aliphatic carbocycles. The Morgan fingerprint density at radius 3 is 1.61 bits per heavy atom. The third-order valence-electron chi connectivity index (χ3n) is 16.9. The number of benzene rings is 10. The number of furan rings is 1. The molecule has 0 bridgehead atoms. The van der Waals surface area contributed by atoms with Gasteiger partial charge in [0.2, 0.25) is 0 Å². The van der Waals surface area contributed by atoms with Crippen LogP contribution in [0.25, 0.3) is 71.7 Å². The molecule has 0 saturated heterocycles. The van der Waals surface area contributed by atoms with Crippen molar-refractivity contribution < 1.29 is 4.42 Å². The first kappa shape index (κ1) is 47.0. The summed E-state index contributed by atoms with van der Waals surface area (Å²) in [4.78, 5) is 5.31. The minimum Gasteiger partial charge on any atom is -0.455 e. The summed E-state index contributed by atoms with van der Waals surface area (Å²) in [5.41, 5.74) is 28.6. The Hall–Kier alpha value is -8.54. The van der Waals surface area contributed by atoms with Gasteiger partial charge in [-0.3, -0.25) is 0 Å². The van der Waals surface area contributed by atoms with Crippen molar-refractivity contribution in [1.29, 1.82) is 0 Å². The minimum absolute atomic E-state index is 0.0770. The van der Waals surface area contributed by atoms with Crippen molar-refractivity contribution >= 4 is 101 Å². The molecule has 0 radical (unpaired) electrons. The molecule has 374 valence electrons. The van der Waals surface area contributed by atoms with E-state index in [4.69, 9.17) is 4.42 Å². The van der Waals surface area contributed by atoms with Gasteiger partial charge in [-0.1, -0.05) is 163 Å². The van der Waals surface area contributed by atoms with Crippen LogP contribution < -0.4 is 26.2 Å². The van der Waals surface area contributed by atoms with Gasteiger partial charge in [0.25, 0.3) is 6.71 Å². The van der Waals surface area contributed by atoms with E-state index in [0.29, 0.717) is 0 Å². The molecule has 4 heterocycles. The highest BCUT2D eigenvalue weighted by Crippen LogP contribution is 2.51. The van der Waals surface area contributed by atoms with E-state index < -0.39 is 0 Å². The van der Waals surface area contributed by atoms with Gasteiger partial charge in [0, 0.05) is 55.5 Å². The number of rotatable bonds is 5. The second-order valence-corrected chi connectivity index (χ2v) is 24.0. The van der Waals surface area contributed by atoms with Gasteiger partial charge in [-0.25, -0.2) is 0 Å². The summed E-state index contributed by atoms with van der Waals surface area (Å²) in [5.74, 6) is 0. The molecule has 0 fully saturated rings. The molecule has 12 aromatic rings. The number of anilines is 6. The standard InChI is InChI=1S/C72H62BN3O/c1-43-34-48(47-22-13-11-14-23-47)35-44(2)68(43)75-61-33-32-50(71(5,6)7)38-58(61)73-59-41-57-54-26-17-19-30-60(54)74(52-24-15-12-16-25-52)62(57)42-63(59)76(65-40-51(72(8,9)10)39-64(75)67(65)73)69-45(3)36-49(37-46(69)4)53-28-21-29-56-55-27-18-20-31-66(55)77-70(53)56/h11-42H,1-10H3. The average molecular weight is 996 g/mol. The van der Waals surface area contributed by atoms with Crippen molar-refractivity contribution in [2.24, 2.45) is 0 Å². The molecule has 5 heteroatoms. The van der Waals surface area contributed by atoms with Crippen molar-refractivity contribution in [1.82, 2.24) is 4.57 Å². The first-order chi connectivity index (χ1) is 37.1. The van der Waals surface area contributed by atoms with Crippen molar-refractivity contribution in [3.05, 3.63) is 228 Å². The van der Waals surface area contributed by atoms with E-state index >= 15 is 0 Å². The van der Waals surface area contributed by atoms with E-state index in [1.54, 1.807) is 0 Å². The van der Waals surface area contributed by atoms with Crippen LogP contribution in [0, 0.1) is 27.7 Å². The number of aryl methyl sites for hydroxylation is 4. The van der Waals surface area contributed by atoms with Crippen LogP contribution in [-0.4, -0.2) is 11.3 Å². The van der Waals surface area contributed by atoms with Gasteiger partial charge in [-0.05, 0) is 178 Å². The highest BCUT2D eigenvalue weighted by molar-refractivity contribution is 7.00. The van der Waals surface area contributed by atoms with Crippen molar-refractivity contribution in [2.75, 3.05) is 9.80 Å². The van der Waals surface area contributed by atoms with Gasteiger partial charge in [-0.2, -0.15) is 0 Å². The number of fused-ring (bicyclic) bond motifs is 10. The van der Waals surface area contributed by atoms with E-state index in [2.05, 4.69) is 278 Å². The van der Waals surface area contributed by atoms with Gasteiger partial charge < -0.3 is 18.8 Å². The SMILES string of the molecule is Cc1cc(-c2ccccc2)cc(C)c1N1c2ccc(C(C)(C)C)cc2B2c3cc4c5ccccc5n(-c5ccccc5)c4cc3N(c3c(C)cc(-c4cccc5c4oc4ccccc45)cc3C)c3cc(C(C)(C)C)cc1c32. The van der Waals surface area contributed by atoms with Crippen LogP contribution in [0.1, 0.15) is 74.9 Å². The zero-order chi connectivity index (χ0) is 52.8. The van der Waals surface area contributed by atoms with Crippen LogP contribution >= 0.6 is 0 Å². The maximum absolute atomic E-state index is 6.69. The molecule has 0 atom stereocenters. The lowest BCUT2D eigenvalue weighted by atomic mass is 9.33. The lowest BCUT2D eigenvalue weighted by molar-refractivity contribution is 0.590. The van der Waals surface area contributed by atoms with Gasteiger partial charge in [0.1, 0.15) is 11.2 Å². The summed E-state index contributed by atoms with van der Waals surface area (Å²) < 4.78 is 9.17. The Bertz CT molecular complexity index is 4370. The zero-order valence-corrected chi connectivity index (χ0v) is 45.8. The molecular weight excluding hydrogens is 934 g/mol. The van der Waals surface area contributed by atoms with Crippen molar-refractivity contribution in [3.63, 3.8) is 0 Å². The van der Waals surface area contributed by atoms with E-state index in [9.17, 15) is 0 Å². The predicted molar refractivity (Wildman–Crippen MR) is 329 cm³/mol. The first-order valence-electron chi connectivity index (χ1n) is 27.4. The van der Waals surface area contributed by atoms with Crippen LogP contribution in [0.5, 0.6) is 0 Å². The summed E-state index contributed by atoms with van der Waals surface area (Å²) in [6, 6.07) is 72.8. The number of hydrogen-bond acceptors (Lipinski definition) is 3. The molecule has 2 aromatic heterocycles. The Morgan fingerprint density at radius 1 is 0.390 bits per heavy atom. The molecule has 0 saturated carbocycles. The Morgan fingerprint density at radius 2 is 0.948 bits per heavy atom. The van der Waals surface area contributed by atoms with Crippen molar-refractivity contribution in [3.8, 4) is 27.9 Å². The molecule has 10 aromatic carbocycles. The third kappa shape index (κ3) is 7.19. The summed E-state index contributed by atoms with van der Waals surface area (Å²) in [7, 11) is 0. The number of para-hydroxylation sites is 4. The molecule has 0 unspecified atom stereocenters. The molecule has 2 aliphatic heterocycles. The minimum atomic E-state index is -0.181. The van der Waals surface area contributed by atoms with Gasteiger partial charge >= 0.3 is 0 Å². The molecule has 0 spiro atoms. The van der Waals surface area contributed by atoms with Gasteiger partial charge in [-0.15, -0.1) is 0 Å². The van der Waals surface area contributed by atoms with Crippen LogP contribution in [0.3, 0.4) is 0 Å². The predicted octanol–water partition coefficient (Wildman–Crippen LogP) is 17.9. The fourth-order valence-corrected chi connectivity index (χ4v) is 13.2. The molecule has 0 amide bonds. The summed E-state index contributed by atoms with van der Waals surface area (Å²) in [6.45, 7) is 23.3. The lowest BCUT2D eigenvalue weighted by Crippen LogP contribution is -2.61. The maximum atomic E-state index is 6.69. The second-order valence-electron chi connectivity index (χ2n) is 24.0. The van der Waals surface area contributed by atoms with E-state index in [1.165, 1.54) is 117 Å². The lowest BCUT2D eigenvalue weighted by Gasteiger charge is -2.46. The van der Waals surface area contributed by atoms with Gasteiger partial charge in [0.15, 0.2) is 0 Å². The molecular formula is C72H62BN3O. The average Bonchev–Trinajstić information content (AvgIpc) is 4.16. The summed E-state index contributed by atoms with van der Waals surface area (Å²) >= 11 is 0. The number of nitrogens with zero attached hydrogens (tertiary/aromatic N) is 3. The van der Waals surface area contributed by atoms with Crippen LogP contribution in [-0.2, 0) is 10.8 Å². The van der Waals surface area contributed by atoms with Crippen LogP contribution in [0.4, 0.5) is 34.1 Å². The summed E-state index contributed by atoms with van der Waals surface area (Å²) in [6.07, 6.45) is 0. The zero-order valence-electron chi connectivity index (χ0n) is 45.8. The quantitative estimate of drug-likeness (QED) is 0.161. The maximum Gasteiger partial charge on any atom is 0.252 e. The Labute approximate surface area is 452 Å². The number of aromatic nitrogens is 1. The molecule has 2 aliphatic rings. The summed E-state index contributed by atoms with van der Waals surface area (Å²) in [5, 5.41) is 4.77.